The molecule has 0 saturated heterocycles. The summed E-state index contributed by atoms with van der Waals surface area (Å²) in [7, 11) is 0. The number of fused-ring (bicyclic) bond motifs is 1. The number of nitrogens with zero attached hydrogens (tertiary/aromatic N) is 4. The van der Waals surface area contributed by atoms with E-state index in [0.29, 0.717) is 11.1 Å². The highest BCUT2D eigenvalue weighted by Gasteiger charge is 2.14. The zero-order chi connectivity index (χ0) is 21.1. The first kappa shape index (κ1) is 18.9. The summed E-state index contributed by atoms with van der Waals surface area (Å²) in [4.78, 5) is 8.55. The van der Waals surface area contributed by atoms with Gasteiger partial charge in [0.15, 0.2) is 0 Å². The number of nitrogens with two attached hydrogens (primary N) is 1. The third kappa shape index (κ3) is 3.50. The molecule has 30 heavy (non-hydrogen) atoms. The molecular weight excluding hydrogens is 372 g/mol. The van der Waals surface area contributed by atoms with Gasteiger partial charge >= 0.3 is 0 Å². The number of nitrogens with one attached hydrogen (secondary N) is 1. The number of hydrogen-bond acceptors (Lipinski definition) is 6. The van der Waals surface area contributed by atoms with Gasteiger partial charge in [0.1, 0.15) is 18.0 Å². The molecule has 2 aromatic heterocycles. The van der Waals surface area contributed by atoms with Crippen LogP contribution in [0.2, 0.25) is 0 Å². The van der Waals surface area contributed by atoms with Gasteiger partial charge in [0.2, 0.25) is 0 Å². The number of rotatable bonds is 4. The molecule has 0 aliphatic rings. The van der Waals surface area contributed by atoms with Gasteiger partial charge < -0.3 is 11.1 Å². The predicted molar refractivity (Wildman–Crippen MR) is 117 cm³/mol. The molecular formula is C24H18N6. The molecule has 4 rings (SSSR count). The summed E-state index contributed by atoms with van der Waals surface area (Å²) in [5.41, 5.74) is 10.8. The molecule has 1 atom stereocenters. The molecule has 0 spiro atoms. The molecule has 0 aliphatic heterocycles. The van der Waals surface area contributed by atoms with Crippen LogP contribution < -0.4 is 11.1 Å². The molecule has 0 aliphatic carbocycles. The van der Waals surface area contributed by atoms with Gasteiger partial charge in [-0.1, -0.05) is 36.4 Å². The maximum Gasteiger partial charge on any atom is 0.141 e. The molecule has 4 aromatic rings. The second kappa shape index (κ2) is 7.90. The number of nitriles is 2. The van der Waals surface area contributed by atoms with Crippen molar-refractivity contribution in [3.63, 3.8) is 0 Å². The first-order valence-electron chi connectivity index (χ1n) is 9.41. The lowest BCUT2D eigenvalue weighted by molar-refractivity contribution is 0.885. The Labute approximate surface area is 174 Å². The molecule has 0 bridgehead atoms. The van der Waals surface area contributed by atoms with E-state index in [9.17, 15) is 10.5 Å². The summed E-state index contributed by atoms with van der Waals surface area (Å²) >= 11 is 0. The Balaban J connectivity index is 1.84. The van der Waals surface area contributed by atoms with Gasteiger partial charge in [0.25, 0.3) is 0 Å². The molecule has 2 heterocycles. The zero-order valence-corrected chi connectivity index (χ0v) is 16.3. The molecule has 0 fully saturated rings. The fourth-order valence-corrected chi connectivity index (χ4v) is 3.38. The van der Waals surface area contributed by atoms with Crippen molar-refractivity contribution in [1.82, 2.24) is 9.97 Å². The van der Waals surface area contributed by atoms with Gasteiger partial charge in [-0.25, -0.2) is 4.98 Å². The van der Waals surface area contributed by atoms with E-state index in [1.54, 1.807) is 18.5 Å². The third-order valence-electron chi connectivity index (χ3n) is 5.02. The van der Waals surface area contributed by atoms with Crippen LogP contribution in [0.5, 0.6) is 0 Å². The van der Waals surface area contributed by atoms with E-state index in [2.05, 4.69) is 34.3 Å². The van der Waals surface area contributed by atoms with Gasteiger partial charge in [0.05, 0.1) is 22.3 Å². The second-order valence-corrected chi connectivity index (χ2v) is 6.94. The largest absolute Gasteiger partial charge is 0.383 e. The van der Waals surface area contributed by atoms with E-state index < -0.39 is 0 Å². The van der Waals surface area contributed by atoms with E-state index in [1.807, 2.05) is 48.5 Å². The third-order valence-corrected chi connectivity index (χ3v) is 5.02. The van der Waals surface area contributed by atoms with Crippen LogP contribution in [-0.2, 0) is 0 Å². The van der Waals surface area contributed by atoms with Crippen LogP contribution in [0, 0.1) is 22.7 Å². The summed E-state index contributed by atoms with van der Waals surface area (Å²) in [5, 5.41) is 23.2. The average molecular weight is 390 g/mol. The minimum Gasteiger partial charge on any atom is -0.383 e. The van der Waals surface area contributed by atoms with E-state index in [-0.39, 0.29) is 11.9 Å². The Morgan fingerprint density at radius 3 is 2.40 bits per heavy atom. The number of aromatic nitrogens is 2. The molecule has 3 N–H and O–H groups in total. The van der Waals surface area contributed by atoms with E-state index in [0.717, 1.165) is 33.3 Å². The van der Waals surface area contributed by atoms with Crippen LogP contribution in [0.3, 0.4) is 0 Å². The standard InChI is InChI=1S/C24H18N6/c1-15(16-5-3-2-4-6-16)30-23-20(12-26)14-28-22-8-7-17(10-21(22)23)19-9-18(11-25)24(27)29-13-19/h2-10,13-15H,1H3,(H2,27,29)(H,28,30). The first-order chi connectivity index (χ1) is 14.6. The Morgan fingerprint density at radius 2 is 1.67 bits per heavy atom. The molecule has 1 unspecified atom stereocenters. The highest BCUT2D eigenvalue weighted by atomic mass is 14.9. The lowest BCUT2D eigenvalue weighted by Gasteiger charge is -2.18. The van der Waals surface area contributed by atoms with Crippen molar-refractivity contribution < 1.29 is 0 Å². The fraction of sp³-hybridized carbons (Fsp3) is 0.0833. The Hall–Kier alpha value is -4.42. The van der Waals surface area contributed by atoms with Gasteiger partial charge in [-0.15, -0.1) is 0 Å². The van der Waals surface area contributed by atoms with Crippen LogP contribution in [0.25, 0.3) is 22.0 Å². The first-order valence-corrected chi connectivity index (χ1v) is 9.41. The number of anilines is 2. The van der Waals surface area contributed by atoms with Crippen molar-refractivity contribution in [2.75, 3.05) is 11.1 Å². The van der Waals surface area contributed by atoms with Crippen molar-refractivity contribution in [3.8, 4) is 23.3 Å². The topological polar surface area (TPSA) is 111 Å². The van der Waals surface area contributed by atoms with Crippen molar-refractivity contribution in [1.29, 1.82) is 10.5 Å². The highest BCUT2D eigenvalue weighted by Crippen LogP contribution is 2.33. The minimum absolute atomic E-state index is 0.00376. The lowest BCUT2D eigenvalue weighted by Crippen LogP contribution is -2.08. The van der Waals surface area contributed by atoms with Crippen molar-refractivity contribution in [2.45, 2.75) is 13.0 Å². The summed E-state index contributed by atoms with van der Waals surface area (Å²) in [6.45, 7) is 2.05. The smallest absolute Gasteiger partial charge is 0.141 e. The molecule has 6 heteroatoms. The molecule has 0 amide bonds. The van der Waals surface area contributed by atoms with Crippen LogP contribution in [0.4, 0.5) is 11.5 Å². The number of benzene rings is 2. The number of nitrogen functional groups attached to an aromatic ring is 1. The quantitative estimate of drug-likeness (QED) is 0.518. The van der Waals surface area contributed by atoms with Crippen LogP contribution in [0.1, 0.15) is 29.7 Å². The zero-order valence-electron chi connectivity index (χ0n) is 16.3. The summed E-state index contributed by atoms with van der Waals surface area (Å²) in [6.07, 6.45) is 3.22. The van der Waals surface area contributed by atoms with Crippen molar-refractivity contribution in [3.05, 3.63) is 83.7 Å². The average Bonchev–Trinajstić information content (AvgIpc) is 2.80. The van der Waals surface area contributed by atoms with Gasteiger partial charge in [0, 0.05) is 29.4 Å². The summed E-state index contributed by atoms with van der Waals surface area (Å²) in [5.74, 6) is 0.203. The molecule has 0 radical (unpaired) electrons. The van der Waals surface area contributed by atoms with Crippen LogP contribution >= 0.6 is 0 Å². The number of pyridine rings is 2. The molecule has 2 aromatic carbocycles. The Morgan fingerprint density at radius 1 is 0.900 bits per heavy atom. The van der Waals surface area contributed by atoms with E-state index >= 15 is 0 Å². The highest BCUT2D eigenvalue weighted by molar-refractivity contribution is 5.96. The monoisotopic (exact) mass is 390 g/mol. The van der Waals surface area contributed by atoms with Crippen LogP contribution in [0.15, 0.2) is 67.0 Å². The van der Waals surface area contributed by atoms with Crippen molar-refractivity contribution >= 4 is 22.4 Å². The normalized spacial score (nSPS) is 11.4. The maximum absolute atomic E-state index is 9.66. The lowest BCUT2D eigenvalue weighted by atomic mass is 10.0. The van der Waals surface area contributed by atoms with E-state index in [1.165, 1.54) is 0 Å². The fourth-order valence-electron chi connectivity index (χ4n) is 3.38. The van der Waals surface area contributed by atoms with E-state index in [4.69, 9.17) is 5.73 Å². The summed E-state index contributed by atoms with van der Waals surface area (Å²) < 4.78 is 0. The Bertz CT molecular complexity index is 1320. The minimum atomic E-state index is -0.00376. The van der Waals surface area contributed by atoms with Gasteiger partial charge in [-0.3, -0.25) is 4.98 Å². The number of hydrogen-bond donors (Lipinski definition) is 2. The maximum atomic E-state index is 9.66. The predicted octanol–water partition coefficient (Wildman–Crippen LogP) is 4.80. The summed E-state index contributed by atoms with van der Waals surface area (Å²) in [6, 6.07) is 21.8. The molecule has 0 saturated carbocycles. The van der Waals surface area contributed by atoms with Gasteiger partial charge in [-0.05, 0) is 36.2 Å². The Kier molecular flexibility index (Phi) is 4.99. The second-order valence-electron chi connectivity index (χ2n) is 6.94. The molecule has 6 nitrogen and oxygen atoms in total. The van der Waals surface area contributed by atoms with Crippen molar-refractivity contribution in [2.24, 2.45) is 0 Å². The SMILES string of the molecule is CC(Nc1c(C#N)cnc2ccc(-c3cnc(N)c(C#N)c3)cc12)c1ccccc1. The molecule has 144 valence electrons. The van der Waals surface area contributed by atoms with Crippen LogP contribution in [-0.4, -0.2) is 9.97 Å². The van der Waals surface area contributed by atoms with Gasteiger partial charge in [-0.2, -0.15) is 10.5 Å².